The highest BCUT2D eigenvalue weighted by Crippen LogP contribution is 2.36. The van der Waals surface area contributed by atoms with E-state index < -0.39 is 0 Å². The van der Waals surface area contributed by atoms with Gasteiger partial charge in [-0.3, -0.25) is 4.90 Å². The summed E-state index contributed by atoms with van der Waals surface area (Å²) in [5.41, 5.74) is 3.38. The smallest absolute Gasteiger partial charge is 0.247 e. The van der Waals surface area contributed by atoms with Gasteiger partial charge in [0.25, 0.3) is 0 Å². The van der Waals surface area contributed by atoms with Crippen LogP contribution in [0, 0.1) is 0 Å². The van der Waals surface area contributed by atoms with E-state index in [1.807, 2.05) is 30.3 Å². The van der Waals surface area contributed by atoms with E-state index in [0.29, 0.717) is 22.7 Å². The zero-order chi connectivity index (χ0) is 21.4. The van der Waals surface area contributed by atoms with Crippen molar-refractivity contribution in [3.05, 3.63) is 65.1 Å². The number of hydrogen-bond donors (Lipinski definition) is 1. The highest BCUT2D eigenvalue weighted by Gasteiger charge is 2.28. The lowest BCUT2D eigenvalue weighted by atomic mass is 9.88. The molecular formula is C24H25ClN4O2. The third-order valence-electron chi connectivity index (χ3n) is 6.31. The minimum absolute atomic E-state index is 0.0736. The van der Waals surface area contributed by atoms with Crippen LogP contribution in [0.1, 0.15) is 43.2 Å². The lowest BCUT2D eigenvalue weighted by Crippen LogP contribution is -2.35. The summed E-state index contributed by atoms with van der Waals surface area (Å²) in [5, 5.41) is 10.5. The molecule has 1 aliphatic heterocycles. The fraction of sp³-hybridized carbons (Fsp3) is 0.333. The zero-order valence-electron chi connectivity index (χ0n) is 17.6. The summed E-state index contributed by atoms with van der Waals surface area (Å²) >= 11 is 6.09. The van der Waals surface area contributed by atoms with E-state index in [1.165, 1.54) is 10.9 Å². The molecule has 0 spiro atoms. The van der Waals surface area contributed by atoms with Gasteiger partial charge < -0.3 is 14.1 Å². The largest absolute Gasteiger partial charge is 0.497 e. The van der Waals surface area contributed by atoms with Gasteiger partial charge in [0.05, 0.1) is 13.2 Å². The third-order valence-corrected chi connectivity index (χ3v) is 6.54. The van der Waals surface area contributed by atoms with Crippen molar-refractivity contribution in [1.82, 2.24) is 20.1 Å². The summed E-state index contributed by atoms with van der Waals surface area (Å²) in [6, 6.07) is 13.8. The lowest BCUT2D eigenvalue weighted by Gasteiger charge is -2.34. The minimum atomic E-state index is 0.0736. The number of nitrogens with one attached hydrogen (secondary N) is 1. The number of halogens is 1. The Morgan fingerprint density at radius 1 is 1.16 bits per heavy atom. The monoisotopic (exact) mass is 436 g/mol. The standard InChI is InChI=1S/C24H25ClN4O2/c1-15(23-27-28-24(31-23)17-4-3-5-18(25)12-17)29-10-8-16(9-11-29)21-14-26-22-7-6-19(30-2)13-20(21)22/h3-7,12-16,26H,8-11H2,1-2H3. The van der Waals surface area contributed by atoms with Crippen LogP contribution in [0.3, 0.4) is 0 Å². The van der Waals surface area contributed by atoms with Crippen molar-refractivity contribution >= 4 is 22.5 Å². The Morgan fingerprint density at radius 2 is 2.00 bits per heavy atom. The molecule has 4 aromatic rings. The number of fused-ring (bicyclic) bond motifs is 1. The van der Waals surface area contributed by atoms with Gasteiger partial charge >= 0.3 is 0 Å². The summed E-state index contributed by atoms with van der Waals surface area (Å²) < 4.78 is 11.4. The molecule has 0 amide bonds. The second-order valence-electron chi connectivity index (χ2n) is 8.10. The Labute approximate surface area is 186 Å². The summed E-state index contributed by atoms with van der Waals surface area (Å²) in [7, 11) is 1.71. The molecule has 7 heteroatoms. The van der Waals surface area contributed by atoms with Crippen LogP contribution in [-0.2, 0) is 0 Å². The van der Waals surface area contributed by atoms with Crippen LogP contribution in [0.4, 0.5) is 0 Å². The van der Waals surface area contributed by atoms with Gasteiger partial charge in [-0.25, -0.2) is 0 Å². The summed E-state index contributed by atoms with van der Waals surface area (Å²) in [6.07, 6.45) is 4.33. The van der Waals surface area contributed by atoms with Gasteiger partial charge in [0, 0.05) is 27.7 Å². The topological polar surface area (TPSA) is 67.2 Å². The first-order chi connectivity index (χ1) is 15.1. The molecule has 1 unspecified atom stereocenters. The van der Waals surface area contributed by atoms with Crippen molar-refractivity contribution < 1.29 is 9.15 Å². The predicted octanol–water partition coefficient (Wildman–Crippen LogP) is 5.82. The molecule has 0 radical (unpaired) electrons. The van der Waals surface area contributed by atoms with Crippen molar-refractivity contribution in [2.75, 3.05) is 20.2 Å². The van der Waals surface area contributed by atoms with Gasteiger partial charge in [-0.1, -0.05) is 17.7 Å². The fourth-order valence-electron chi connectivity index (χ4n) is 4.48. The van der Waals surface area contributed by atoms with Gasteiger partial charge in [0.1, 0.15) is 5.75 Å². The molecule has 1 N–H and O–H groups in total. The molecule has 31 heavy (non-hydrogen) atoms. The van der Waals surface area contributed by atoms with Crippen LogP contribution >= 0.6 is 11.6 Å². The average molecular weight is 437 g/mol. The first-order valence-electron chi connectivity index (χ1n) is 10.6. The maximum absolute atomic E-state index is 6.09. The number of benzene rings is 2. The molecular weight excluding hydrogens is 412 g/mol. The Bertz CT molecular complexity index is 1190. The molecule has 5 rings (SSSR count). The van der Waals surface area contributed by atoms with E-state index in [1.54, 1.807) is 7.11 Å². The summed E-state index contributed by atoms with van der Waals surface area (Å²) in [4.78, 5) is 5.82. The quantitative estimate of drug-likeness (QED) is 0.427. The number of aromatic amines is 1. The van der Waals surface area contributed by atoms with Gasteiger partial charge in [-0.05, 0) is 80.7 Å². The number of ether oxygens (including phenoxy) is 1. The molecule has 0 saturated carbocycles. The van der Waals surface area contributed by atoms with Gasteiger partial charge in [0.15, 0.2) is 0 Å². The molecule has 1 fully saturated rings. The second kappa shape index (κ2) is 8.36. The van der Waals surface area contributed by atoms with Gasteiger partial charge in [-0.15, -0.1) is 10.2 Å². The number of likely N-dealkylation sites (tertiary alicyclic amines) is 1. The van der Waals surface area contributed by atoms with Crippen LogP contribution in [0.2, 0.25) is 5.02 Å². The van der Waals surface area contributed by atoms with Crippen molar-refractivity contribution in [3.63, 3.8) is 0 Å². The van der Waals surface area contributed by atoms with E-state index >= 15 is 0 Å². The maximum atomic E-state index is 6.09. The van der Waals surface area contributed by atoms with Crippen LogP contribution in [0.15, 0.2) is 53.1 Å². The first-order valence-corrected chi connectivity index (χ1v) is 11.0. The number of H-pyrrole nitrogens is 1. The Hall–Kier alpha value is -2.83. The van der Waals surface area contributed by atoms with E-state index in [4.69, 9.17) is 20.8 Å². The number of piperidine rings is 1. The van der Waals surface area contributed by atoms with E-state index in [0.717, 1.165) is 42.8 Å². The molecule has 1 atom stereocenters. The molecule has 1 aliphatic rings. The SMILES string of the molecule is COc1ccc2[nH]cc(C3CCN(C(C)c4nnc(-c5cccc(Cl)c5)o4)CC3)c2c1. The first kappa shape index (κ1) is 20.1. The molecule has 1 saturated heterocycles. The number of nitrogens with zero attached hydrogens (tertiary/aromatic N) is 3. The van der Waals surface area contributed by atoms with Crippen molar-refractivity contribution in [3.8, 4) is 17.2 Å². The Kier molecular flexibility index (Phi) is 5.42. The summed E-state index contributed by atoms with van der Waals surface area (Å²) in [5.74, 6) is 2.57. The fourth-order valence-corrected chi connectivity index (χ4v) is 4.67. The van der Waals surface area contributed by atoms with E-state index in [2.05, 4.69) is 45.3 Å². The number of hydrogen-bond acceptors (Lipinski definition) is 5. The Morgan fingerprint density at radius 3 is 2.77 bits per heavy atom. The van der Waals surface area contributed by atoms with Crippen LogP contribution in [-0.4, -0.2) is 40.3 Å². The molecule has 160 valence electrons. The zero-order valence-corrected chi connectivity index (χ0v) is 18.4. The molecule has 0 aliphatic carbocycles. The van der Waals surface area contributed by atoms with Crippen LogP contribution < -0.4 is 4.74 Å². The van der Waals surface area contributed by atoms with Gasteiger partial charge in [-0.2, -0.15) is 0 Å². The molecule has 6 nitrogen and oxygen atoms in total. The molecule has 2 aromatic heterocycles. The summed E-state index contributed by atoms with van der Waals surface area (Å²) in [6.45, 7) is 4.10. The maximum Gasteiger partial charge on any atom is 0.247 e. The minimum Gasteiger partial charge on any atom is -0.497 e. The lowest BCUT2D eigenvalue weighted by molar-refractivity contribution is 0.143. The predicted molar refractivity (Wildman–Crippen MR) is 122 cm³/mol. The number of methoxy groups -OCH3 is 1. The molecule has 3 heterocycles. The normalized spacial score (nSPS) is 16.6. The second-order valence-corrected chi connectivity index (χ2v) is 8.53. The molecule has 2 aromatic carbocycles. The van der Waals surface area contributed by atoms with Gasteiger partial charge in [0.2, 0.25) is 11.8 Å². The highest BCUT2D eigenvalue weighted by molar-refractivity contribution is 6.30. The van der Waals surface area contributed by atoms with Crippen LogP contribution in [0.25, 0.3) is 22.4 Å². The van der Waals surface area contributed by atoms with Crippen molar-refractivity contribution in [2.45, 2.75) is 31.7 Å². The van der Waals surface area contributed by atoms with E-state index in [-0.39, 0.29) is 6.04 Å². The number of aromatic nitrogens is 3. The molecule has 0 bridgehead atoms. The number of rotatable bonds is 5. The van der Waals surface area contributed by atoms with E-state index in [9.17, 15) is 0 Å². The highest BCUT2D eigenvalue weighted by atomic mass is 35.5. The van der Waals surface area contributed by atoms with Crippen molar-refractivity contribution in [1.29, 1.82) is 0 Å². The average Bonchev–Trinajstić information content (AvgIpc) is 3.46. The van der Waals surface area contributed by atoms with Crippen molar-refractivity contribution in [2.24, 2.45) is 0 Å². The van der Waals surface area contributed by atoms with Crippen LogP contribution in [0.5, 0.6) is 5.75 Å². The Balaban J connectivity index is 1.28. The third kappa shape index (κ3) is 3.93.